The van der Waals surface area contributed by atoms with Crippen LogP contribution in [0.15, 0.2) is 186 Å². The Morgan fingerprint density at radius 1 is 0.483 bits per heavy atom. The van der Waals surface area contributed by atoms with Gasteiger partial charge < -0.3 is 8.98 Å². The van der Waals surface area contributed by atoms with Crippen molar-refractivity contribution in [2.75, 3.05) is 0 Å². The van der Waals surface area contributed by atoms with Gasteiger partial charge in [-0.25, -0.2) is 19.8 Å². The lowest BCUT2D eigenvalue weighted by atomic mass is 9.96. The molecule has 0 aliphatic heterocycles. The molecule has 0 N–H and O–H groups in total. The minimum Gasteiger partial charge on any atom is -0.456 e. The molecule has 0 saturated heterocycles. The summed E-state index contributed by atoms with van der Waals surface area (Å²) in [7, 11) is 0. The number of hydrogen-bond donors (Lipinski definition) is 0. The van der Waals surface area contributed by atoms with Crippen molar-refractivity contribution in [3.8, 4) is 68.2 Å². The van der Waals surface area contributed by atoms with Gasteiger partial charge in [-0.15, -0.1) is 0 Å². The molecule has 7 nitrogen and oxygen atoms in total. The highest BCUT2D eigenvalue weighted by Gasteiger charge is 2.22. The van der Waals surface area contributed by atoms with E-state index >= 15 is 0 Å². The molecule has 0 spiro atoms. The molecular weight excluding hydrogens is 737 g/mol. The summed E-state index contributed by atoms with van der Waals surface area (Å²) in [6, 6.07) is 63.1. The summed E-state index contributed by atoms with van der Waals surface area (Å²) in [5.74, 6) is 1.65. The first-order valence-corrected chi connectivity index (χ1v) is 19.5. The van der Waals surface area contributed by atoms with Crippen LogP contribution in [0.2, 0.25) is 0 Å². The number of hydrogen-bond acceptors (Lipinski definition) is 5. The van der Waals surface area contributed by atoms with E-state index in [2.05, 4.69) is 88.3 Å². The second-order valence-corrected chi connectivity index (χ2v) is 14.6. The van der Waals surface area contributed by atoms with Crippen molar-refractivity contribution in [2.45, 2.75) is 0 Å². The molecule has 0 radical (unpaired) electrons. The Bertz CT molecular complexity index is 3480. The van der Waals surface area contributed by atoms with Crippen LogP contribution in [0.4, 0.5) is 5.69 Å². The third kappa shape index (κ3) is 5.77. The summed E-state index contributed by atoms with van der Waals surface area (Å²) in [5.41, 5.74) is 11.6. The molecule has 11 aromatic rings. The molecular formula is C53H30N6O. The SMILES string of the molecule is [C-]#[N+]c1cc(C#N)cc(-c2ccc3c4ccccc4n(-c4ccc(-c5cccc6oc7ccccc7c56)cc4-c4nc(-c5ccccc5)nc(-c5ccccc5)n4)c3c2)c1. The van der Waals surface area contributed by atoms with Crippen LogP contribution in [0.1, 0.15) is 5.56 Å². The fourth-order valence-electron chi connectivity index (χ4n) is 8.34. The molecule has 7 heteroatoms. The minimum absolute atomic E-state index is 0.418. The fourth-order valence-corrected chi connectivity index (χ4v) is 8.34. The molecule has 0 bridgehead atoms. The van der Waals surface area contributed by atoms with Crippen molar-refractivity contribution >= 4 is 49.4 Å². The third-order valence-electron chi connectivity index (χ3n) is 11.1. The molecule has 11 rings (SSSR count). The molecule has 0 aliphatic carbocycles. The first-order valence-electron chi connectivity index (χ1n) is 19.5. The third-order valence-corrected chi connectivity index (χ3v) is 11.1. The number of fused-ring (bicyclic) bond motifs is 6. The summed E-state index contributed by atoms with van der Waals surface area (Å²) in [4.78, 5) is 19.2. The number of nitrogens with zero attached hydrogens (tertiary/aromatic N) is 6. The highest BCUT2D eigenvalue weighted by Crippen LogP contribution is 2.42. The quantitative estimate of drug-likeness (QED) is 0.157. The van der Waals surface area contributed by atoms with Gasteiger partial charge in [-0.3, -0.25) is 0 Å². The van der Waals surface area contributed by atoms with E-state index in [1.54, 1.807) is 6.07 Å². The van der Waals surface area contributed by atoms with E-state index in [-0.39, 0.29) is 0 Å². The first-order chi connectivity index (χ1) is 29.6. The van der Waals surface area contributed by atoms with Crippen LogP contribution in [0, 0.1) is 17.9 Å². The van der Waals surface area contributed by atoms with E-state index in [0.29, 0.717) is 28.7 Å². The van der Waals surface area contributed by atoms with Crippen LogP contribution < -0.4 is 0 Å². The van der Waals surface area contributed by atoms with Gasteiger partial charge in [-0.05, 0) is 76.9 Å². The lowest BCUT2D eigenvalue weighted by Crippen LogP contribution is -2.04. The average Bonchev–Trinajstić information content (AvgIpc) is 3.87. The predicted molar refractivity (Wildman–Crippen MR) is 240 cm³/mol. The number of nitriles is 1. The molecule has 0 unspecified atom stereocenters. The second-order valence-electron chi connectivity index (χ2n) is 14.6. The Morgan fingerprint density at radius 3 is 1.88 bits per heavy atom. The monoisotopic (exact) mass is 766 g/mol. The molecule has 0 atom stereocenters. The van der Waals surface area contributed by atoms with Crippen molar-refractivity contribution in [3.05, 3.63) is 199 Å². The van der Waals surface area contributed by atoms with E-state index in [1.807, 2.05) is 103 Å². The van der Waals surface area contributed by atoms with E-state index in [4.69, 9.17) is 25.9 Å². The smallest absolute Gasteiger partial charge is 0.189 e. The van der Waals surface area contributed by atoms with Crippen molar-refractivity contribution < 1.29 is 4.42 Å². The standard InChI is InChI=1S/C53H30N6O/c1-55-39-28-33(32-54)27-38(29-39)36-23-25-42-41-17-8-10-20-45(41)59(47(42)31-36)46-26-24-37(40-19-12-22-49-50(40)43-18-9-11-21-48(43)60-49)30-44(46)53-57-51(34-13-4-2-5-14-34)56-52(58-53)35-15-6-3-7-16-35/h2-31H. The lowest BCUT2D eigenvalue weighted by molar-refractivity contribution is 0.669. The van der Waals surface area contributed by atoms with Crippen LogP contribution in [0.3, 0.4) is 0 Å². The zero-order valence-electron chi connectivity index (χ0n) is 31.9. The highest BCUT2D eigenvalue weighted by molar-refractivity contribution is 6.13. The van der Waals surface area contributed by atoms with E-state index in [9.17, 15) is 5.26 Å². The molecule has 0 amide bonds. The normalized spacial score (nSPS) is 11.3. The van der Waals surface area contributed by atoms with Crippen molar-refractivity contribution in [1.82, 2.24) is 19.5 Å². The minimum atomic E-state index is 0.418. The van der Waals surface area contributed by atoms with Crippen molar-refractivity contribution in [1.29, 1.82) is 5.26 Å². The molecule has 0 fully saturated rings. The molecule has 0 aliphatic rings. The number of aromatic nitrogens is 4. The van der Waals surface area contributed by atoms with E-state index in [1.165, 1.54) is 0 Å². The summed E-state index contributed by atoms with van der Waals surface area (Å²) in [6.07, 6.45) is 0. The largest absolute Gasteiger partial charge is 0.456 e. The van der Waals surface area contributed by atoms with Gasteiger partial charge in [0, 0.05) is 43.8 Å². The van der Waals surface area contributed by atoms with Gasteiger partial charge in [0.25, 0.3) is 0 Å². The van der Waals surface area contributed by atoms with Gasteiger partial charge in [0.15, 0.2) is 23.2 Å². The fraction of sp³-hybridized carbons (Fsp3) is 0. The van der Waals surface area contributed by atoms with Crippen LogP contribution in [0.5, 0.6) is 0 Å². The number of para-hydroxylation sites is 2. The lowest BCUT2D eigenvalue weighted by Gasteiger charge is -2.17. The van der Waals surface area contributed by atoms with Gasteiger partial charge in [0.2, 0.25) is 0 Å². The number of rotatable bonds is 6. The molecule has 278 valence electrons. The molecule has 0 saturated carbocycles. The Morgan fingerprint density at radius 2 is 1.13 bits per heavy atom. The summed E-state index contributed by atoms with van der Waals surface area (Å²) < 4.78 is 8.62. The Hall–Kier alpha value is -8.65. The Kier molecular flexibility index (Phi) is 8.11. The second kappa shape index (κ2) is 14.1. The van der Waals surface area contributed by atoms with Crippen LogP contribution in [-0.2, 0) is 0 Å². The number of benzene rings is 8. The van der Waals surface area contributed by atoms with Gasteiger partial charge >= 0.3 is 0 Å². The summed E-state index contributed by atoms with van der Waals surface area (Å²) in [6.45, 7) is 7.72. The average molecular weight is 767 g/mol. The summed E-state index contributed by atoms with van der Waals surface area (Å²) in [5, 5.41) is 14.1. The van der Waals surface area contributed by atoms with Crippen molar-refractivity contribution in [2.24, 2.45) is 0 Å². The molecule has 3 heterocycles. The maximum Gasteiger partial charge on any atom is 0.189 e. The number of furan rings is 1. The van der Waals surface area contributed by atoms with Gasteiger partial charge in [0.05, 0.1) is 29.4 Å². The maximum atomic E-state index is 9.84. The first kappa shape index (κ1) is 34.6. The molecule has 8 aromatic carbocycles. The van der Waals surface area contributed by atoms with E-state index < -0.39 is 0 Å². The Balaban J connectivity index is 1.23. The topological polar surface area (TPSA) is 84.9 Å². The zero-order valence-corrected chi connectivity index (χ0v) is 31.9. The molecule has 3 aromatic heterocycles. The maximum absolute atomic E-state index is 9.84. The van der Waals surface area contributed by atoms with Gasteiger partial charge in [-0.1, -0.05) is 127 Å². The van der Waals surface area contributed by atoms with Crippen molar-refractivity contribution in [3.63, 3.8) is 0 Å². The van der Waals surface area contributed by atoms with Crippen LogP contribution in [-0.4, -0.2) is 19.5 Å². The van der Waals surface area contributed by atoms with E-state index in [0.717, 1.165) is 88.4 Å². The predicted octanol–water partition coefficient (Wildman–Crippen LogP) is 13.6. The van der Waals surface area contributed by atoms with Gasteiger partial charge in [-0.2, -0.15) is 5.26 Å². The van der Waals surface area contributed by atoms with Crippen LogP contribution >= 0.6 is 0 Å². The van der Waals surface area contributed by atoms with Gasteiger partial charge in [0.1, 0.15) is 11.2 Å². The summed E-state index contributed by atoms with van der Waals surface area (Å²) >= 11 is 0. The zero-order chi connectivity index (χ0) is 40.2. The Labute approximate surface area is 344 Å². The van der Waals surface area contributed by atoms with Crippen LogP contribution in [0.25, 0.3) is 111 Å². The highest BCUT2D eigenvalue weighted by atomic mass is 16.3. The molecule has 60 heavy (non-hydrogen) atoms.